The van der Waals surface area contributed by atoms with Crippen LogP contribution in [0.25, 0.3) is 0 Å². The van der Waals surface area contributed by atoms with E-state index in [4.69, 9.17) is 0 Å². The largest absolute Gasteiger partial charge is 0.478 e. The maximum absolute atomic E-state index is 11.3. The van der Waals surface area contributed by atoms with Crippen LogP contribution in [-0.2, 0) is 9.59 Å². The summed E-state index contributed by atoms with van der Waals surface area (Å²) in [7, 11) is 0. The number of carboxylic acid groups (broad SMARTS) is 2. The first kappa shape index (κ1) is 11.5. The van der Waals surface area contributed by atoms with Gasteiger partial charge in [-0.05, 0) is 6.42 Å². The van der Waals surface area contributed by atoms with Gasteiger partial charge in [-0.2, -0.15) is 0 Å². The van der Waals surface area contributed by atoms with Gasteiger partial charge >= 0.3 is 11.9 Å². The number of alkyl halides is 2. The van der Waals surface area contributed by atoms with Gasteiger partial charge in [0.25, 0.3) is 0 Å². The summed E-state index contributed by atoms with van der Waals surface area (Å²) >= 11 is 6.84. The van der Waals surface area contributed by atoms with Crippen molar-refractivity contribution < 1.29 is 19.8 Å². The minimum Gasteiger partial charge on any atom is -0.478 e. The Balaban J connectivity index is 2.15. The zero-order chi connectivity index (χ0) is 12.6. The monoisotopic (exact) mass is 362 g/mol. The molecule has 4 atom stereocenters. The van der Waals surface area contributed by atoms with Crippen LogP contribution < -0.4 is 0 Å². The Morgan fingerprint density at radius 1 is 1.06 bits per heavy atom. The average molecular weight is 364 g/mol. The summed E-state index contributed by atoms with van der Waals surface area (Å²) in [5.74, 6) is -1.92. The number of aliphatic carboxylic acids is 2. The Bertz CT molecular complexity index is 478. The smallest absolute Gasteiger partial charge is 0.331 e. The van der Waals surface area contributed by atoms with Crippen LogP contribution in [0.15, 0.2) is 23.3 Å². The molecule has 0 aromatic carbocycles. The van der Waals surface area contributed by atoms with E-state index in [0.717, 1.165) is 0 Å². The second-order valence-corrected chi connectivity index (χ2v) is 6.67. The average Bonchev–Trinajstić information content (AvgIpc) is 2.79. The third kappa shape index (κ3) is 1.00. The number of hydrogen-bond acceptors (Lipinski definition) is 2. The highest BCUT2D eigenvalue weighted by molar-refractivity contribution is 9.10. The first-order valence-corrected chi connectivity index (χ1v) is 6.90. The highest BCUT2D eigenvalue weighted by atomic mass is 79.9. The molecule has 0 heterocycles. The lowest BCUT2D eigenvalue weighted by Crippen LogP contribution is -2.24. The summed E-state index contributed by atoms with van der Waals surface area (Å²) in [5, 5.41) is 18.5. The van der Waals surface area contributed by atoms with Crippen LogP contribution in [0.2, 0.25) is 0 Å². The van der Waals surface area contributed by atoms with Gasteiger partial charge in [0.2, 0.25) is 0 Å². The molecule has 0 aromatic heterocycles. The predicted molar refractivity (Wildman–Crippen MR) is 66.4 cm³/mol. The molecule has 90 valence electrons. The molecular weight excluding hydrogens is 356 g/mol. The molecule has 3 rings (SSSR count). The molecule has 17 heavy (non-hydrogen) atoms. The summed E-state index contributed by atoms with van der Waals surface area (Å²) in [6.07, 6.45) is 3.86. The van der Waals surface area contributed by atoms with Crippen molar-refractivity contribution in [3.8, 4) is 0 Å². The summed E-state index contributed by atoms with van der Waals surface area (Å²) in [6.45, 7) is 0. The van der Waals surface area contributed by atoms with Crippen molar-refractivity contribution >= 4 is 43.8 Å². The first-order chi connectivity index (χ1) is 7.88. The molecule has 3 aliphatic carbocycles. The van der Waals surface area contributed by atoms with Crippen molar-refractivity contribution in [2.24, 2.45) is 10.8 Å². The van der Waals surface area contributed by atoms with Gasteiger partial charge in [0.15, 0.2) is 0 Å². The minimum atomic E-state index is -0.960. The van der Waals surface area contributed by atoms with Gasteiger partial charge in [-0.25, -0.2) is 9.59 Å². The molecule has 0 spiro atoms. The number of carbonyl (C=O) groups is 2. The molecule has 4 unspecified atom stereocenters. The standard InChI is InChI=1S/C11H8Br2O4/c12-6-1-4(8(14)15)10-3-11(6,10)5(9(16)17)2-7(10)13/h1-2,6-7H,3H2,(H,14,15)(H,16,17). The number of rotatable bonds is 2. The van der Waals surface area contributed by atoms with Gasteiger partial charge in [0.1, 0.15) is 0 Å². The topological polar surface area (TPSA) is 74.6 Å². The van der Waals surface area contributed by atoms with E-state index in [1.807, 2.05) is 0 Å². The summed E-state index contributed by atoms with van der Waals surface area (Å²) in [6, 6.07) is 0. The van der Waals surface area contributed by atoms with Gasteiger partial charge < -0.3 is 10.2 Å². The fourth-order valence-electron chi connectivity index (χ4n) is 3.45. The van der Waals surface area contributed by atoms with Crippen LogP contribution in [0.5, 0.6) is 0 Å². The molecule has 3 aliphatic rings. The molecule has 4 nitrogen and oxygen atoms in total. The molecule has 0 saturated heterocycles. The van der Waals surface area contributed by atoms with E-state index >= 15 is 0 Å². The predicted octanol–water partition coefficient (Wildman–Crippen LogP) is 1.94. The Hall–Kier alpha value is -0.620. The first-order valence-electron chi connectivity index (χ1n) is 5.07. The van der Waals surface area contributed by atoms with Gasteiger partial charge in [-0.1, -0.05) is 44.0 Å². The van der Waals surface area contributed by atoms with E-state index in [1.165, 1.54) is 0 Å². The quantitative estimate of drug-likeness (QED) is 0.735. The molecule has 2 N–H and O–H groups in total. The number of hydrogen-bond donors (Lipinski definition) is 2. The zero-order valence-corrected chi connectivity index (χ0v) is 11.7. The summed E-state index contributed by atoms with van der Waals surface area (Å²) in [4.78, 5) is 22.1. The normalized spacial score (nSPS) is 45.8. The Labute approximate surface area is 114 Å². The molecule has 1 saturated carbocycles. The van der Waals surface area contributed by atoms with Gasteiger partial charge in [-0.15, -0.1) is 0 Å². The zero-order valence-electron chi connectivity index (χ0n) is 8.48. The lowest BCUT2D eigenvalue weighted by molar-refractivity contribution is -0.134. The van der Waals surface area contributed by atoms with Crippen LogP contribution in [0.4, 0.5) is 0 Å². The van der Waals surface area contributed by atoms with Crippen molar-refractivity contribution in [2.45, 2.75) is 16.1 Å². The Morgan fingerprint density at radius 3 is 1.71 bits per heavy atom. The molecule has 0 aromatic rings. The maximum Gasteiger partial charge on any atom is 0.331 e. The number of halogens is 2. The number of carboxylic acids is 2. The molecule has 0 bridgehead atoms. The van der Waals surface area contributed by atoms with Crippen LogP contribution in [-0.4, -0.2) is 31.8 Å². The van der Waals surface area contributed by atoms with Gasteiger partial charge in [-0.3, -0.25) is 0 Å². The minimum absolute atomic E-state index is 0.217. The third-order valence-corrected chi connectivity index (χ3v) is 6.31. The molecule has 6 heteroatoms. The lowest BCUT2D eigenvalue weighted by Gasteiger charge is -2.18. The Kier molecular flexibility index (Phi) is 2.05. The highest BCUT2D eigenvalue weighted by Gasteiger charge is 2.82. The molecule has 0 amide bonds. The van der Waals surface area contributed by atoms with Crippen LogP contribution in [0, 0.1) is 10.8 Å². The van der Waals surface area contributed by atoms with Crippen LogP contribution >= 0.6 is 31.9 Å². The van der Waals surface area contributed by atoms with E-state index in [9.17, 15) is 19.8 Å². The van der Waals surface area contributed by atoms with Crippen LogP contribution in [0.3, 0.4) is 0 Å². The Morgan fingerprint density at radius 2 is 1.41 bits per heavy atom. The molecule has 1 fully saturated rings. The van der Waals surface area contributed by atoms with Crippen LogP contribution in [0.1, 0.15) is 6.42 Å². The van der Waals surface area contributed by atoms with Crippen molar-refractivity contribution in [3.05, 3.63) is 23.3 Å². The van der Waals surface area contributed by atoms with E-state index in [1.54, 1.807) is 12.2 Å². The van der Waals surface area contributed by atoms with Crippen molar-refractivity contribution in [3.63, 3.8) is 0 Å². The van der Waals surface area contributed by atoms with E-state index in [-0.39, 0.29) is 9.65 Å². The molecule has 0 radical (unpaired) electrons. The van der Waals surface area contributed by atoms with Gasteiger partial charge in [0, 0.05) is 31.6 Å². The molecular formula is C11H8Br2O4. The molecule has 0 aliphatic heterocycles. The van der Waals surface area contributed by atoms with Crippen molar-refractivity contribution in [2.75, 3.05) is 0 Å². The summed E-state index contributed by atoms with van der Waals surface area (Å²) in [5.41, 5.74) is -0.482. The lowest BCUT2D eigenvalue weighted by atomic mass is 9.90. The highest BCUT2D eigenvalue weighted by Crippen LogP contribution is 2.83. The second-order valence-electron chi connectivity index (χ2n) is 4.69. The van der Waals surface area contributed by atoms with E-state index < -0.39 is 22.8 Å². The van der Waals surface area contributed by atoms with Crippen molar-refractivity contribution in [1.29, 1.82) is 0 Å². The van der Waals surface area contributed by atoms with Crippen molar-refractivity contribution in [1.82, 2.24) is 0 Å². The fourth-order valence-corrected chi connectivity index (χ4v) is 5.61. The SMILES string of the molecule is O=C(O)C1=CC(Br)C23CC12C(Br)C=C3C(=O)O. The third-order valence-electron chi connectivity index (χ3n) is 4.22. The fraction of sp³-hybridized carbons (Fsp3) is 0.455. The van der Waals surface area contributed by atoms with E-state index in [0.29, 0.717) is 17.6 Å². The summed E-state index contributed by atoms with van der Waals surface area (Å²) < 4.78 is 0. The maximum atomic E-state index is 11.3. The van der Waals surface area contributed by atoms with Gasteiger partial charge in [0.05, 0.1) is 0 Å². The van der Waals surface area contributed by atoms with E-state index in [2.05, 4.69) is 31.9 Å². The number of allylic oxidation sites excluding steroid dienone is 2. The second kappa shape index (κ2) is 3.03.